The molecule has 2 N–H and O–H groups in total. The van der Waals surface area contributed by atoms with Crippen molar-refractivity contribution in [3.8, 4) is 11.4 Å². The summed E-state index contributed by atoms with van der Waals surface area (Å²) in [6.07, 6.45) is 1.18. The minimum atomic E-state index is -3.57. The summed E-state index contributed by atoms with van der Waals surface area (Å²) < 4.78 is 25.2. The highest BCUT2D eigenvalue weighted by atomic mass is 35.5. The van der Waals surface area contributed by atoms with Gasteiger partial charge in [0.2, 0.25) is 10.0 Å². The zero-order valence-electron chi connectivity index (χ0n) is 15.5. The van der Waals surface area contributed by atoms with Crippen molar-refractivity contribution in [3.63, 3.8) is 0 Å². The lowest BCUT2D eigenvalue weighted by Gasteiger charge is -2.12. The van der Waals surface area contributed by atoms with Gasteiger partial charge in [0, 0.05) is 36.6 Å². The molecule has 1 heterocycles. The van der Waals surface area contributed by atoms with E-state index in [4.69, 9.17) is 11.6 Å². The molecule has 0 spiro atoms. The standard InChI is InChI=1S/C19H17ClN4O4S/c1-24(2)29(27,28)15-9-7-14(8-10-15)22-18(25)16-11-21-17(23-19(16)26)12-3-5-13(20)6-4-12/h3-11H,1-2H3,(H,22,25)(H,21,23,26). The van der Waals surface area contributed by atoms with E-state index in [1.54, 1.807) is 24.3 Å². The summed E-state index contributed by atoms with van der Waals surface area (Å²) in [7, 11) is -0.710. The van der Waals surface area contributed by atoms with Gasteiger partial charge in [-0.3, -0.25) is 9.59 Å². The monoisotopic (exact) mass is 432 g/mol. The van der Waals surface area contributed by atoms with Crippen LogP contribution in [0.1, 0.15) is 10.4 Å². The molecule has 0 aliphatic rings. The van der Waals surface area contributed by atoms with Gasteiger partial charge >= 0.3 is 0 Å². The molecule has 0 aliphatic carbocycles. The summed E-state index contributed by atoms with van der Waals surface area (Å²) in [5, 5.41) is 3.10. The minimum absolute atomic E-state index is 0.0901. The maximum absolute atomic E-state index is 12.4. The molecule has 1 aromatic heterocycles. The zero-order chi connectivity index (χ0) is 21.2. The van der Waals surface area contributed by atoms with Crippen LogP contribution in [-0.2, 0) is 10.0 Å². The molecule has 0 saturated heterocycles. The van der Waals surface area contributed by atoms with Crippen LogP contribution in [0.25, 0.3) is 11.4 Å². The van der Waals surface area contributed by atoms with Crippen LogP contribution in [-0.4, -0.2) is 42.7 Å². The fraction of sp³-hybridized carbons (Fsp3) is 0.105. The Kier molecular flexibility index (Phi) is 5.83. The number of H-pyrrole nitrogens is 1. The molecule has 0 aliphatic heterocycles. The Bertz CT molecular complexity index is 1200. The summed E-state index contributed by atoms with van der Waals surface area (Å²) >= 11 is 5.84. The number of carbonyl (C=O) groups excluding carboxylic acids is 1. The van der Waals surface area contributed by atoms with Crippen LogP contribution in [0.3, 0.4) is 0 Å². The fourth-order valence-electron chi connectivity index (χ4n) is 2.43. The Labute approximate surface area is 172 Å². The summed E-state index contributed by atoms with van der Waals surface area (Å²) in [4.78, 5) is 31.5. The van der Waals surface area contributed by atoms with Crippen molar-refractivity contribution >= 4 is 33.2 Å². The Morgan fingerprint density at radius 2 is 1.69 bits per heavy atom. The van der Waals surface area contributed by atoms with Crippen LogP contribution >= 0.6 is 11.6 Å². The number of rotatable bonds is 5. The molecule has 0 radical (unpaired) electrons. The van der Waals surface area contributed by atoms with Crippen LogP contribution in [0, 0.1) is 0 Å². The van der Waals surface area contributed by atoms with E-state index in [0.717, 1.165) is 4.31 Å². The molecule has 0 fully saturated rings. The molecule has 3 aromatic rings. The molecule has 0 atom stereocenters. The van der Waals surface area contributed by atoms with Gasteiger partial charge < -0.3 is 10.3 Å². The van der Waals surface area contributed by atoms with Crippen LogP contribution in [0.5, 0.6) is 0 Å². The number of aromatic amines is 1. The van der Waals surface area contributed by atoms with Crippen molar-refractivity contribution in [1.82, 2.24) is 14.3 Å². The third-order valence-electron chi connectivity index (χ3n) is 4.05. The molecule has 8 nitrogen and oxygen atoms in total. The van der Waals surface area contributed by atoms with E-state index in [1.165, 1.54) is 44.6 Å². The second kappa shape index (κ2) is 8.16. The highest BCUT2D eigenvalue weighted by Gasteiger charge is 2.17. The van der Waals surface area contributed by atoms with E-state index in [9.17, 15) is 18.0 Å². The lowest BCUT2D eigenvalue weighted by atomic mass is 10.2. The van der Waals surface area contributed by atoms with Gasteiger partial charge in [-0.15, -0.1) is 0 Å². The SMILES string of the molecule is CN(C)S(=O)(=O)c1ccc(NC(=O)c2cnc(-c3ccc(Cl)cc3)[nH]c2=O)cc1. The van der Waals surface area contributed by atoms with E-state index in [-0.39, 0.29) is 10.5 Å². The van der Waals surface area contributed by atoms with Crippen LogP contribution in [0.15, 0.2) is 64.4 Å². The van der Waals surface area contributed by atoms with Crippen molar-refractivity contribution in [1.29, 1.82) is 0 Å². The number of carbonyl (C=O) groups is 1. The van der Waals surface area contributed by atoms with Gasteiger partial charge in [-0.2, -0.15) is 0 Å². The first kappa shape index (κ1) is 20.7. The summed E-state index contributed by atoms with van der Waals surface area (Å²) in [6.45, 7) is 0. The lowest BCUT2D eigenvalue weighted by molar-refractivity contribution is 0.102. The first-order chi connectivity index (χ1) is 13.7. The average molecular weight is 433 g/mol. The van der Waals surface area contributed by atoms with Gasteiger partial charge in [-0.1, -0.05) is 11.6 Å². The number of halogens is 1. The Balaban J connectivity index is 1.79. The predicted molar refractivity (Wildman–Crippen MR) is 111 cm³/mol. The lowest BCUT2D eigenvalue weighted by Crippen LogP contribution is -2.24. The van der Waals surface area contributed by atoms with Crippen molar-refractivity contribution in [2.75, 3.05) is 19.4 Å². The second-order valence-corrected chi connectivity index (χ2v) is 8.84. The summed E-state index contributed by atoms with van der Waals surface area (Å²) in [5.41, 5.74) is 0.215. The Morgan fingerprint density at radius 1 is 1.07 bits per heavy atom. The number of anilines is 1. The van der Waals surface area contributed by atoms with Crippen molar-refractivity contribution in [2.45, 2.75) is 4.90 Å². The topological polar surface area (TPSA) is 112 Å². The maximum Gasteiger partial charge on any atom is 0.264 e. The Morgan fingerprint density at radius 3 is 2.24 bits per heavy atom. The minimum Gasteiger partial charge on any atom is -0.322 e. The number of hydrogen-bond donors (Lipinski definition) is 2. The smallest absolute Gasteiger partial charge is 0.264 e. The first-order valence-corrected chi connectivity index (χ1v) is 10.2. The molecule has 2 aromatic carbocycles. The predicted octanol–water partition coefficient (Wildman–Crippen LogP) is 2.59. The summed E-state index contributed by atoms with van der Waals surface area (Å²) in [6, 6.07) is 12.4. The van der Waals surface area contributed by atoms with Gasteiger partial charge in [-0.05, 0) is 48.5 Å². The van der Waals surface area contributed by atoms with Gasteiger partial charge in [0.05, 0.1) is 4.90 Å². The molecule has 150 valence electrons. The molecular formula is C19H17ClN4O4S. The normalized spacial score (nSPS) is 11.4. The van der Waals surface area contributed by atoms with Gasteiger partial charge in [-0.25, -0.2) is 17.7 Å². The molecule has 1 amide bonds. The Hall–Kier alpha value is -3.01. The highest BCUT2D eigenvalue weighted by Crippen LogP contribution is 2.18. The van der Waals surface area contributed by atoms with Crippen LogP contribution < -0.4 is 10.9 Å². The molecule has 0 unspecified atom stereocenters. The number of nitrogens with zero attached hydrogens (tertiary/aromatic N) is 2. The molecule has 29 heavy (non-hydrogen) atoms. The number of aromatic nitrogens is 2. The van der Waals surface area contributed by atoms with Crippen LogP contribution in [0.2, 0.25) is 5.02 Å². The number of benzene rings is 2. The quantitative estimate of drug-likeness (QED) is 0.643. The van der Waals surface area contributed by atoms with E-state index in [2.05, 4.69) is 15.3 Å². The van der Waals surface area contributed by atoms with Crippen LogP contribution in [0.4, 0.5) is 5.69 Å². The maximum atomic E-state index is 12.4. The zero-order valence-corrected chi connectivity index (χ0v) is 17.1. The third kappa shape index (κ3) is 4.53. The fourth-order valence-corrected chi connectivity index (χ4v) is 3.46. The second-order valence-electron chi connectivity index (χ2n) is 6.25. The molecule has 0 saturated carbocycles. The van der Waals surface area contributed by atoms with Crippen molar-refractivity contribution in [3.05, 3.63) is 75.7 Å². The van der Waals surface area contributed by atoms with E-state index in [0.29, 0.717) is 22.1 Å². The third-order valence-corrected chi connectivity index (χ3v) is 6.13. The van der Waals surface area contributed by atoms with Crippen molar-refractivity contribution < 1.29 is 13.2 Å². The number of nitrogens with one attached hydrogen (secondary N) is 2. The summed E-state index contributed by atoms with van der Waals surface area (Å²) in [5.74, 6) is -0.355. The largest absolute Gasteiger partial charge is 0.322 e. The van der Waals surface area contributed by atoms with Gasteiger partial charge in [0.25, 0.3) is 11.5 Å². The van der Waals surface area contributed by atoms with E-state index >= 15 is 0 Å². The number of hydrogen-bond acceptors (Lipinski definition) is 5. The molecule has 3 rings (SSSR count). The molecular weight excluding hydrogens is 416 g/mol. The first-order valence-electron chi connectivity index (χ1n) is 8.37. The van der Waals surface area contributed by atoms with E-state index in [1.807, 2.05) is 0 Å². The van der Waals surface area contributed by atoms with Gasteiger partial charge in [0.1, 0.15) is 11.4 Å². The number of sulfonamides is 1. The number of amides is 1. The van der Waals surface area contributed by atoms with Crippen molar-refractivity contribution in [2.24, 2.45) is 0 Å². The van der Waals surface area contributed by atoms with Gasteiger partial charge in [0.15, 0.2) is 0 Å². The average Bonchev–Trinajstić information content (AvgIpc) is 2.68. The van der Waals surface area contributed by atoms with E-state index < -0.39 is 21.5 Å². The highest BCUT2D eigenvalue weighted by molar-refractivity contribution is 7.89. The molecule has 10 heteroatoms. The molecule has 0 bridgehead atoms.